The molecule has 0 aromatic rings. The summed E-state index contributed by atoms with van der Waals surface area (Å²) in [6, 6.07) is 0.361. The van der Waals surface area contributed by atoms with Gasteiger partial charge < -0.3 is 15.5 Å². The zero-order valence-electron chi connectivity index (χ0n) is 11.6. The highest BCUT2D eigenvalue weighted by atomic mass is 35.5. The van der Waals surface area contributed by atoms with Crippen molar-refractivity contribution in [2.75, 3.05) is 33.2 Å². The summed E-state index contributed by atoms with van der Waals surface area (Å²) in [5, 5.41) is 6.32. The van der Waals surface area contributed by atoms with Crippen LogP contribution in [-0.2, 0) is 4.79 Å². The van der Waals surface area contributed by atoms with Gasteiger partial charge in [-0.3, -0.25) is 4.79 Å². The molecule has 1 aliphatic heterocycles. The van der Waals surface area contributed by atoms with E-state index >= 15 is 0 Å². The quantitative estimate of drug-likeness (QED) is 0.804. The standard InChI is InChI=1S/C12H25N3O.2ClH/c1-4-13-10(2)9-14-12(16)11-5-7-15(3)8-6-11;;/h10-11,13H,4-9H2,1-3H3,(H,14,16);2*1H/t10-;;/m1../s1. The summed E-state index contributed by atoms with van der Waals surface area (Å²) in [5.41, 5.74) is 0. The molecule has 0 radical (unpaired) electrons. The van der Waals surface area contributed by atoms with Crippen LogP contribution in [0.15, 0.2) is 0 Å². The molecule has 0 aromatic heterocycles. The number of hydrogen-bond acceptors (Lipinski definition) is 3. The van der Waals surface area contributed by atoms with Gasteiger partial charge in [0.15, 0.2) is 0 Å². The number of likely N-dealkylation sites (tertiary alicyclic amines) is 1. The van der Waals surface area contributed by atoms with Crippen LogP contribution in [0.1, 0.15) is 26.7 Å². The fourth-order valence-electron chi connectivity index (χ4n) is 2.09. The van der Waals surface area contributed by atoms with Gasteiger partial charge in [-0.05, 0) is 46.4 Å². The minimum atomic E-state index is 0. The van der Waals surface area contributed by atoms with Gasteiger partial charge in [0.1, 0.15) is 0 Å². The summed E-state index contributed by atoms with van der Waals surface area (Å²) >= 11 is 0. The van der Waals surface area contributed by atoms with E-state index in [9.17, 15) is 4.79 Å². The van der Waals surface area contributed by atoms with E-state index in [-0.39, 0.29) is 36.6 Å². The minimum absolute atomic E-state index is 0. The highest BCUT2D eigenvalue weighted by molar-refractivity contribution is 5.85. The van der Waals surface area contributed by atoms with E-state index in [1.165, 1.54) is 0 Å². The van der Waals surface area contributed by atoms with E-state index < -0.39 is 0 Å². The van der Waals surface area contributed by atoms with E-state index in [4.69, 9.17) is 0 Å². The Morgan fingerprint density at radius 3 is 2.39 bits per heavy atom. The lowest BCUT2D eigenvalue weighted by Crippen LogP contribution is -2.43. The van der Waals surface area contributed by atoms with Crippen LogP contribution < -0.4 is 10.6 Å². The fraction of sp³-hybridized carbons (Fsp3) is 0.917. The maximum atomic E-state index is 11.9. The predicted molar refractivity (Wildman–Crippen MR) is 80.9 cm³/mol. The molecule has 4 nitrogen and oxygen atoms in total. The third kappa shape index (κ3) is 7.41. The molecule has 0 saturated carbocycles. The smallest absolute Gasteiger partial charge is 0.223 e. The second-order valence-corrected chi connectivity index (χ2v) is 4.78. The summed E-state index contributed by atoms with van der Waals surface area (Å²) in [6.07, 6.45) is 2.00. The second kappa shape index (κ2) is 10.9. The van der Waals surface area contributed by atoms with Crippen molar-refractivity contribution in [3.8, 4) is 0 Å². The Bertz CT molecular complexity index is 221. The van der Waals surface area contributed by atoms with Crippen molar-refractivity contribution in [1.29, 1.82) is 0 Å². The zero-order valence-corrected chi connectivity index (χ0v) is 13.2. The normalized spacial score (nSPS) is 18.4. The number of amides is 1. The highest BCUT2D eigenvalue weighted by Crippen LogP contribution is 2.15. The number of piperidine rings is 1. The predicted octanol–water partition coefficient (Wildman–Crippen LogP) is 1.29. The Morgan fingerprint density at radius 1 is 1.33 bits per heavy atom. The van der Waals surface area contributed by atoms with Gasteiger partial charge in [-0.2, -0.15) is 0 Å². The Balaban J connectivity index is 0. The van der Waals surface area contributed by atoms with Crippen LogP contribution in [0.25, 0.3) is 0 Å². The molecule has 1 fully saturated rings. The van der Waals surface area contributed by atoms with Crippen molar-refractivity contribution in [1.82, 2.24) is 15.5 Å². The number of hydrogen-bond donors (Lipinski definition) is 2. The maximum absolute atomic E-state index is 11.9. The van der Waals surface area contributed by atoms with Crippen LogP contribution >= 0.6 is 24.8 Å². The van der Waals surface area contributed by atoms with Crippen molar-refractivity contribution in [3.63, 3.8) is 0 Å². The molecule has 18 heavy (non-hydrogen) atoms. The van der Waals surface area contributed by atoms with Crippen molar-refractivity contribution < 1.29 is 4.79 Å². The summed E-state index contributed by atoms with van der Waals surface area (Å²) in [4.78, 5) is 14.1. The number of carbonyl (C=O) groups excluding carboxylic acids is 1. The van der Waals surface area contributed by atoms with Gasteiger partial charge in [-0.25, -0.2) is 0 Å². The number of halogens is 2. The molecule has 1 atom stereocenters. The molecule has 1 rings (SSSR count). The first-order chi connectivity index (χ1) is 7.63. The van der Waals surface area contributed by atoms with E-state index in [1.54, 1.807) is 0 Å². The van der Waals surface area contributed by atoms with Crippen LogP contribution in [0.5, 0.6) is 0 Å². The Labute approximate surface area is 123 Å². The zero-order chi connectivity index (χ0) is 12.0. The minimum Gasteiger partial charge on any atom is -0.354 e. The molecule has 0 bridgehead atoms. The van der Waals surface area contributed by atoms with Crippen molar-refractivity contribution in [3.05, 3.63) is 0 Å². The first-order valence-electron chi connectivity index (χ1n) is 6.33. The summed E-state index contributed by atoms with van der Waals surface area (Å²) in [7, 11) is 2.11. The second-order valence-electron chi connectivity index (χ2n) is 4.78. The molecule has 1 saturated heterocycles. The molecule has 1 amide bonds. The van der Waals surface area contributed by atoms with Crippen LogP contribution in [0, 0.1) is 5.92 Å². The van der Waals surface area contributed by atoms with Gasteiger partial charge in [0.25, 0.3) is 0 Å². The van der Waals surface area contributed by atoms with Gasteiger partial charge in [0.2, 0.25) is 5.91 Å². The number of nitrogens with one attached hydrogen (secondary N) is 2. The molecule has 0 aliphatic carbocycles. The monoisotopic (exact) mass is 299 g/mol. The number of rotatable bonds is 5. The average molecular weight is 300 g/mol. The lowest BCUT2D eigenvalue weighted by Gasteiger charge is -2.28. The molecule has 6 heteroatoms. The Morgan fingerprint density at radius 2 is 1.89 bits per heavy atom. The van der Waals surface area contributed by atoms with Crippen LogP contribution in [0.3, 0.4) is 0 Å². The SMILES string of the molecule is CCN[C@H](C)CNC(=O)C1CCN(C)CC1.Cl.Cl. The average Bonchev–Trinajstić information content (AvgIpc) is 2.27. The lowest BCUT2D eigenvalue weighted by molar-refractivity contribution is -0.126. The van der Waals surface area contributed by atoms with E-state index in [1.807, 2.05) is 0 Å². The highest BCUT2D eigenvalue weighted by Gasteiger charge is 2.23. The van der Waals surface area contributed by atoms with Gasteiger partial charge in [0, 0.05) is 18.5 Å². The van der Waals surface area contributed by atoms with Gasteiger partial charge in [-0.15, -0.1) is 24.8 Å². The molecule has 1 aliphatic rings. The first-order valence-corrected chi connectivity index (χ1v) is 6.33. The van der Waals surface area contributed by atoms with Gasteiger partial charge in [0.05, 0.1) is 0 Å². The first kappa shape index (κ1) is 20.3. The topological polar surface area (TPSA) is 44.4 Å². The van der Waals surface area contributed by atoms with E-state index in [0.29, 0.717) is 6.04 Å². The Kier molecular flexibility index (Phi) is 12.2. The largest absolute Gasteiger partial charge is 0.354 e. The molecule has 0 spiro atoms. The summed E-state index contributed by atoms with van der Waals surface area (Å²) < 4.78 is 0. The third-order valence-corrected chi connectivity index (χ3v) is 3.22. The van der Waals surface area contributed by atoms with Gasteiger partial charge >= 0.3 is 0 Å². The van der Waals surface area contributed by atoms with Gasteiger partial charge in [-0.1, -0.05) is 6.92 Å². The molecule has 1 heterocycles. The van der Waals surface area contributed by atoms with E-state index in [0.717, 1.165) is 39.0 Å². The maximum Gasteiger partial charge on any atom is 0.223 e. The van der Waals surface area contributed by atoms with E-state index in [2.05, 4.69) is 36.4 Å². The molecule has 0 unspecified atom stereocenters. The third-order valence-electron chi connectivity index (χ3n) is 3.22. The molecule has 0 aromatic carbocycles. The van der Waals surface area contributed by atoms with Crippen molar-refractivity contribution in [2.24, 2.45) is 5.92 Å². The van der Waals surface area contributed by atoms with Crippen LogP contribution in [0.2, 0.25) is 0 Å². The molecule has 2 N–H and O–H groups in total. The number of nitrogens with zero attached hydrogens (tertiary/aromatic N) is 1. The lowest BCUT2D eigenvalue weighted by atomic mass is 9.96. The summed E-state index contributed by atoms with van der Waals surface area (Å²) in [5.74, 6) is 0.461. The molecular formula is C12H27Cl2N3O. The molecule has 110 valence electrons. The van der Waals surface area contributed by atoms with Crippen molar-refractivity contribution in [2.45, 2.75) is 32.7 Å². The van der Waals surface area contributed by atoms with Crippen LogP contribution in [0.4, 0.5) is 0 Å². The molecular weight excluding hydrogens is 273 g/mol. The number of carbonyl (C=O) groups is 1. The Hall–Kier alpha value is -0.0300. The summed E-state index contributed by atoms with van der Waals surface area (Å²) in [6.45, 7) is 7.94. The van der Waals surface area contributed by atoms with Crippen LogP contribution in [-0.4, -0.2) is 50.1 Å². The van der Waals surface area contributed by atoms with Crippen molar-refractivity contribution >= 4 is 30.7 Å². The number of likely N-dealkylation sites (N-methyl/N-ethyl adjacent to an activating group) is 1. The fourth-order valence-corrected chi connectivity index (χ4v) is 2.09.